The third kappa shape index (κ3) is 67.0. The lowest BCUT2D eigenvalue weighted by Gasteiger charge is -2.22. The van der Waals surface area contributed by atoms with Gasteiger partial charge in [0.1, 0.15) is 0 Å². The van der Waals surface area contributed by atoms with E-state index in [0.717, 1.165) is 57.8 Å². The van der Waals surface area contributed by atoms with Crippen LogP contribution in [0.1, 0.15) is 399 Å². The molecule has 0 saturated heterocycles. The normalized spacial score (nSPS) is 12.8. The van der Waals surface area contributed by atoms with Gasteiger partial charge in [0.25, 0.3) is 0 Å². The second-order valence-corrected chi connectivity index (χ2v) is 25.3. The Morgan fingerprint density at radius 1 is 0.341 bits per heavy atom. The Morgan fingerprint density at radius 3 is 0.963 bits per heavy atom. The molecule has 0 aliphatic heterocycles. The van der Waals surface area contributed by atoms with Crippen molar-refractivity contribution in [2.45, 2.75) is 411 Å². The van der Waals surface area contributed by atoms with Crippen LogP contribution in [0.5, 0.6) is 0 Å². The highest BCUT2D eigenvalue weighted by atomic mass is 16.5. The van der Waals surface area contributed by atoms with E-state index < -0.39 is 12.1 Å². The number of allylic oxidation sites excluding steroid dienone is 8. The molecule has 3 N–H and O–H groups in total. The van der Waals surface area contributed by atoms with Gasteiger partial charge in [-0.2, -0.15) is 0 Å². The van der Waals surface area contributed by atoms with Crippen molar-refractivity contribution < 1.29 is 24.5 Å². The number of nitrogens with one attached hydrogen (secondary N) is 1. The first kappa shape index (κ1) is 79.8. The summed E-state index contributed by atoms with van der Waals surface area (Å²) in [5.74, 6) is -0.0276. The van der Waals surface area contributed by atoms with Crippen LogP contribution in [0, 0.1) is 0 Å². The molecule has 82 heavy (non-hydrogen) atoms. The molecule has 482 valence electrons. The van der Waals surface area contributed by atoms with Crippen LogP contribution in [0.25, 0.3) is 0 Å². The highest BCUT2D eigenvalue weighted by Gasteiger charge is 2.20. The molecule has 0 radical (unpaired) electrons. The molecule has 0 aromatic carbocycles. The number of hydrogen-bond acceptors (Lipinski definition) is 5. The number of aliphatic hydroxyl groups excluding tert-OH is 2. The number of amides is 1. The second kappa shape index (κ2) is 71.3. The van der Waals surface area contributed by atoms with E-state index in [2.05, 4.69) is 67.8 Å². The predicted octanol–water partition coefficient (Wildman–Crippen LogP) is 24.0. The molecule has 0 aliphatic rings. The lowest BCUT2D eigenvalue weighted by Crippen LogP contribution is -2.45. The summed E-state index contributed by atoms with van der Waals surface area (Å²) < 4.78 is 5.48. The number of hydrogen-bond donors (Lipinski definition) is 3. The highest BCUT2D eigenvalue weighted by molar-refractivity contribution is 5.76. The molecule has 6 heteroatoms. The van der Waals surface area contributed by atoms with Crippen LogP contribution in [0.4, 0.5) is 0 Å². The van der Waals surface area contributed by atoms with Crippen LogP contribution >= 0.6 is 0 Å². The number of aliphatic hydroxyl groups is 2. The van der Waals surface area contributed by atoms with Gasteiger partial charge in [-0.25, -0.2) is 0 Å². The Morgan fingerprint density at radius 2 is 0.622 bits per heavy atom. The quantitative estimate of drug-likeness (QED) is 0.0320. The van der Waals surface area contributed by atoms with Gasteiger partial charge in [0.05, 0.1) is 25.4 Å². The molecule has 0 aromatic heterocycles. The number of esters is 1. The van der Waals surface area contributed by atoms with Gasteiger partial charge >= 0.3 is 5.97 Å². The lowest BCUT2D eigenvalue weighted by molar-refractivity contribution is -0.143. The van der Waals surface area contributed by atoms with Gasteiger partial charge in [-0.3, -0.25) is 9.59 Å². The fraction of sp³-hybridized carbons (Fsp3) is 0.868. The largest absolute Gasteiger partial charge is 0.466 e. The minimum atomic E-state index is -0.663. The Bertz CT molecular complexity index is 1370. The third-order valence-corrected chi connectivity index (χ3v) is 17.1. The van der Waals surface area contributed by atoms with Crippen LogP contribution in [-0.2, 0) is 14.3 Å². The molecule has 6 nitrogen and oxygen atoms in total. The Labute approximate surface area is 512 Å². The molecule has 0 spiro atoms. The van der Waals surface area contributed by atoms with Crippen LogP contribution in [0.3, 0.4) is 0 Å². The summed E-state index contributed by atoms with van der Waals surface area (Å²) in [5, 5.41) is 23.4. The number of unbranched alkanes of at least 4 members (excludes halogenated alkanes) is 50. The van der Waals surface area contributed by atoms with Gasteiger partial charge < -0.3 is 20.3 Å². The van der Waals surface area contributed by atoms with Crippen molar-refractivity contribution >= 4 is 11.9 Å². The van der Waals surface area contributed by atoms with Crippen LogP contribution in [0.15, 0.2) is 48.6 Å². The van der Waals surface area contributed by atoms with Gasteiger partial charge in [-0.15, -0.1) is 0 Å². The average molecular weight is 1150 g/mol. The SMILES string of the molecule is CCCC/C=C\C/C=C\CCCCCCCC(=O)OCCCCCCCCCCCCC/C=C\C/C=C\CCCCCCCCCCCCCCCCCCCC(=O)NC(CO)C(O)CCCCCCCCCCCCCCCCCC. The number of rotatable bonds is 69. The zero-order valence-corrected chi connectivity index (χ0v) is 55.2. The zero-order valence-electron chi connectivity index (χ0n) is 55.2. The molecule has 0 aliphatic carbocycles. The van der Waals surface area contributed by atoms with E-state index in [1.807, 2.05) is 0 Å². The minimum absolute atomic E-state index is 0.00222. The first-order valence-electron chi connectivity index (χ1n) is 36.9. The van der Waals surface area contributed by atoms with Crippen molar-refractivity contribution in [1.29, 1.82) is 0 Å². The molecule has 0 heterocycles. The monoisotopic (exact) mass is 1150 g/mol. The van der Waals surface area contributed by atoms with Gasteiger partial charge in [-0.05, 0) is 83.5 Å². The standard InChI is InChI=1S/C76H143NO5/c1-3-5-7-9-11-13-15-17-19-41-44-48-52-56-60-64-68-74(79)73(72-78)77-75(80)69-65-61-57-53-49-45-42-39-37-35-33-31-29-27-25-23-21-20-22-24-26-28-30-32-34-36-38-40-43-47-51-55-59-63-67-71-82-76(81)70-66-62-58-54-50-46-18-16-14-12-10-8-6-4-2/h10,12,16,18,22,24,28,30,73-74,78-79H,3-9,11,13-15,17,19-21,23,25-27,29,31-72H2,1-2H3,(H,77,80)/b12-10-,18-16-,24-22-,30-28-. The van der Waals surface area contributed by atoms with E-state index >= 15 is 0 Å². The van der Waals surface area contributed by atoms with Crippen LogP contribution in [-0.4, -0.2) is 47.4 Å². The molecule has 0 rings (SSSR count). The number of carbonyl (C=O) groups excluding carboxylic acids is 2. The van der Waals surface area contributed by atoms with E-state index in [1.54, 1.807) is 0 Å². The Hall–Kier alpha value is -2.18. The van der Waals surface area contributed by atoms with E-state index in [1.165, 1.54) is 308 Å². The molecule has 1 amide bonds. The minimum Gasteiger partial charge on any atom is -0.466 e. The summed E-state index contributed by atoms with van der Waals surface area (Å²) in [6.45, 7) is 4.93. The van der Waals surface area contributed by atoms with E-state index in [4.69, 9.17) is 4.74 Å². The van der Waals surface area contributed by atoms with Crippen molar-refractivity contribution in [3.63, 3.8) is 0 Å². The van der Waals surface area contributed by atoms with Crippen molar-refractivity contribution in [2.24, 2.45) is 0 Å². The molecule has 0 aromatic rings. The van der Waals surface area contributed by atoms with Crippen molar-refractivity contribution in [1.82, 2.24) is 5.32 Å². The first-order valence-corrected chi connectivity index (χ1v) is 36.9. The fourth-order valence-electron chi connectivity index (χ4n) is 11.5. The van der Waals surface area contributed by atoms with Gasteiger partial charge in [0.2, 0.25) is 5.91 Å². The predicted molar refractivity (Wildman–Crippen MR) is 361 cm³/mol. The van der Waals surface area contributed by atoms with Gasteiger partial charge in [0.15, 0.2) is 0 Å². The maximum atomic E-state index is 12.5. The van der Waals surface area contributed by atoms with Crippen LogP contribution < -0.4 is 5.32 Å². The first-order chi connectivity index (χ1) is 40.5. The summed E-state index contributed by atoms with van der Waals surface area (Å²) >= 11 is 0. The maximum absolute atomic E-state index is 12.5. The summed E-state index contributed by atoms with van der Waals surface area (Å²) in [4.78, 5) is 24.6. The maximum Gasteiger partial charge on any atom is 0.305 e. The molecule has 0 fully saturated rings. The van der Waals surface area contributed by atoms with Gasteiger partial charge in [0, 0.05) is 12.8 Å². The van der Waals surface area contributed by atoms with Crippen molar-refractivity contribution in [3.8, 4) is 0 Å². The van der Waals surface area contributed by atoms with E-state index in [-0.39, 0.29) is 18.5 Å². The van der Waals surface area contributed by atoms with E-state index in [0.29, 0.717) is 25.9 Å². The Balaban J connectivity index is 3.37. The summed E-state index contributed by atoms with van der Waals surface area (Å²) in [6, 6.07) is -0.540. The van der Waals surface area contributed by atoms with Crippen molar-refractivity contribution in [3.05, 3.63) is 48.6 Å². The average Bonchev–Trinajstić information content (AvgIpc) is 3.48. The molecule has 0 saturated carbocycles. The lowest BCUT2D eigenvalue weighted by atomic mass is 10.0. The summed E-state index contributed by atoms with van der Waals surface area (Å²) in [5.41, 5.74) is 0. The summed E-state index contributed by atoms with van der Waals surface area (Å²) in [6.07, 6.45) is 93.2. The molecule has 2 unspecified atom stereocenters. The molecular weight excluding hydrogens is 1010 g/mol. The van der Waals surface area contributed by atoms with Crippen LogP contribution in [0.2, 0.25) is 0 Å². The van der Waals surface area contributed by atoms with Gasteiger partial charge in [-0.1, -0.05) is 351 Å². The number of carbonyl (C=O) groups is 2. The summed E-state index contributed by atoms with van der Waals surface area (Å²) in [7, 11) is 0. The topological polar surface area (TPSA) is 95.9 Å². The Kier molecular flexibility index (Phi) is 69.4. The van der Waals surface area contributed by atoms with Crippen molar-refractivity contribution in [2.75, 3.05) is 13.2 Å². The number of ether oxygens (including phenoxy) is 1. The fourth-order valence-corrected chi connectivity index (χ4v) is 11.5. The van der Waals surface area contributed by atoms with E-state index in [9.17, 15) is 19.8 Å². The highest BCUT2D eigenvalue weighted by Crippen LogP contribution is 2.19. The zero-order chi connectivity index (χ0) is 59.2. The third-order valence-electron chi connectivity index (χ3n) is 17.1. The second-order valence-electron chi connectivity index (χ2n) is 25.3. The molecule has 0 bridgehead atoms. The molecular formula is C76H143NO5. The smallest absolute Gasteiger partial charge is 0.305 e. The molecule has 2 atom stereocenters.